The minimum atomic E-state index is 0.0279. The zero-order valence-corrected chi connectivity index (χ0v) is 16.1. The number of hydrogen-bond acceptors (Lipinski definition) is 7. The van der Waals surface area contributed by atoms with Crippen LogP contribution in [-0.4, -0.2) is 39.6 Å². The third-order valence-corrected chi connectivity index (χ3v) is 7.19. The average molecular weight is 383 g/mol. The Morgan fingerprint density at radius 1 is 1.21 bits per heavy atom. The van der Waals surface area contributed by atoms with Crippen LogP contribution in [0.1, 0.15) is 44.1 Å². The Labute approximate surface area is 163 Å². The first-order valence-electron chi connectivity index (χ1n) is 10.1. The lowest BCUT2D eigenvalue weighted by molar-refractivity contribution is -0.0854. The predicted octanol–water partition coefficient (Wildman–Crippen LogP) is 2.25. The van der Waals surface area contributed by atoms with Gasteiger partial charge in [-0.2, -0.15) is 4.80 Å². The molecule has 8 heteroatoms. The van der Waals surface area contributed by atoms with Crippen LogP contribution in [0.2, 0.25) is 0 Å². The summed E-state index contributed by atoms with van der Waals surface area (Å²) in [6, 6.07) is 4.11. The molecule has 28 heavy (non-hydrogen) atoms. The van der Waals surface area contributed by atoms with E-state index in [9.17, 15) is 0 Å². The lowest BCUT2D eigenvalue weighted by Gasteiger charge is -2.61. The molecule has 2 aromatic rings. The fourth-order valence-electron chi connectivity index (χ4n) is 6.62. The van der Waals surface area contributed by atoms with E-state index in [1.165, 1.54) is 32.1 Å². The van der Waals surface area contributed by atoms with Gasteiger partial charge in [0.15, 0.2) is 17.8 Å². The van der Waals surface area contributed by atoms with E-state index in [1.807, 2.05) is 4.80 Å². The Hall–Kier alpha value is -2.35. The normalized spacial score (nSPS) is 34.8. The molecule has 1 aromatic carbocycles. The zero-order valence-electron chi connectivity index (χ0n) is 16.1. The average Bonchev–Trinajstić information content (AvgIpc) is 3.37. The van der Waals surface area contributed by atoms with Crippen LogP contribution >= 0.6 is 0 Å². The Morgan fingerprint density at radius 2 is 2.07 bits per heavy atom. The van der Waals surface area contributed by atoms with Gasteiger partial charge in [-0.1, -0.05) is 0 Å². The summed E-state index contributed by atoms with van der Waals surface area (Å²) in [5, 5.41) is 16.7. The van der Waals surface area contributed by atoms with Gasteiger partial charge in [0.25, 0.3) is 0 Å². The molecule has 148 valence electrons. The van der Waals surface area contributed by atoms with Gasteiger partial charge in [-0.25, -0.2) is 0 Å². The molecule has 4 saturated carbocycles. The molecule has 4 fully saturated rings. The van der Waals surface area contributed by atoms with E-state index in [1.54, 1.807) is 13.4 Å². The molecular formula is C20H25N5O3. The van der Waals surface area contributed by atoms with Crippen LogP contribution in [0.3, 0.4) is 0 Å². The van der Waals surface area contributed by atoms with Gasteiger partial charge in [0.2, 0.25) is 12.5 Å². The van der Waals surface area contributed by atoms with Crippen LogP contribution in [0.25, 0.3) is 0 Å². The minimum Gasteiger partial charge on any atom is -0.493 e. The first-order valence-corrected chi connectivity index (χ1v) is 10.1. The van der Waals surface area contributed by atoms with E-state index >= 15 is 0 Å². The molecular weight excluding hydrogens is 358 g/mol. The number of tetrazole rings is 1. The number of rotatable bonds is 5. The van der Waals surface area contributed by atoms with Gasteiger partial charge in [-0.15, -0.1) is 10.2 Å². The predicted molar refractivity (Wildman–Crippen MR) is 99.2 cm³/mol. The fourth-order valence-corrected chi connectivity index (χ4v) is 6.62. The topological polar surface area (TPSA) is 83.3 Å². The van der Waals surface area contributed by atoms with Crippen molar-refractivity contribution < 1.29 is 14.2 Å². The molecule has 0 saturated heterocycles. The van der Waals surface area contributed by atoms with E-state index in [0.29, 0.717) is 5.75 Å². The van der Waals surface area contributed by atoms with Gasteiger partial charge in [0, 0.05) is 12.1 Å². The van der Waals surface area contributed by atoms with Crippen LogP contribution in [0.5, 0.6) is 17.2 Å². The van der Waals surface area contributed by atoms with Gasteiger partial charge in [0.1, 0.15) is 0 Å². The van der Waals surface area contributed by atoms with E-state index in [2.05, 4.69) is 32.9 Å². The Bertz CT molecular complexity index is 885. The highest BCUT2D eigenvalue weighted by Gasteiger charge is 2.59. The number of fused-ring (bicyclic) bond motifs is 1. The largest absolute Gasteiger partial charge is 0.493 e. The lowest BCUT2D eigenvalue weighted by Crippen LogP contribution is -2.65. The molecule has 8 nitrogen and oxygen atoms in total. The standard InChI is InChI=1S/C20H25N5O3/c1-26-16-3-13(4-17-18(16)28-12-27-17)9-21-19-5-14-2-15(6-19)8-20(7-14,10-19)25-23-11-22-24-25/h3-4,11,14-15,21H,2,5-10,12H2,1H3. The third-order valence-electron chi connectivity index (χ3n) is 7.19. The van der Waals surface area contributed by atoms with Crippen molar-refractivity contribution in [2.75, 3.05) is 13.9 Å². The summed E-state index contributed by atoms with van der Waals surface area (Å²) in [5.41, 5.74) is 1.33. The van der Waals surface area contributed by atoms with Crippen molar-refractivity contribution in [3.05, 3.63) is 24.0 Å². The van der Waals surface area contributed by atoms with Crippen molar-refractivity contribution in [2.45, 2.75) is 56.1 Å². The second kappa shape index (κ2) is 5.83. The molecule has 1 aromatic heterocycles. The molecule has 0 spiro atoms. The second-order valence-electron chi connectivity index (χ2n) is 9.08. The summed E-state index contributed by atoms with van der Waals surface area (Å²) in [4.78, 5) is 1.91. The van der Waals surface area contributed by atoms with Crippen molar-refractivity contribution in [3.63, 3.8) is 0 Å². The van der Waals surface area contributed by atoms with Gasteiger partial charge >= 0.3 is 0 Å². The SMILES string of the molecule is COc1cc(CNC23CC4CC(C2)CC(n2ncnn2)(C4)C3)cc2c1OCO2. The highest BCUT2D eigenvalue weighted by atomic mass is 16.7. The summed E-state index contributed by atoms with van der Waals surface area (Å²) in [6.07, 6.45) is 8.83. The van der Waals surface area contributed by atoms with Crippen molar-refractivity contribution in [1.29, 1.82) is 0 Å². The molecule has 4 bridgehead atoms. The van der Waals surface area contributed by atoms with Crippen LogP contribution < -0.4 is 19.5 Å². The molecule has 7 rings (SSSR count). The number of ether oxygens (including phenoxy) is 3. The molecule has 1 N–H and O–H groups in total. The summed E-state index contributed by atoms with van der Waals surface area (Å²) < 4.78 is 16.6. The van der Waals surface area contributed by atoms with Crippen LogP contribution in [-0.2, 0) is 12.1 Å². The molecule has 2 unspecified atom stereocenters. The minimum absolute atomic E-state index is 0.0279. The Balaban J connectivity index is 1.27. The number of benzene rings is 1. The van der Waals surface area contributed by atoms with Crippen molar-refractivity contribution in [3.8, 4) is 17.2 Å². The zero-order chi connectivity index (χ0) is 18.8. The molecule has 0 amide bonds. The maximum Gasteiger partial charge on any atom is 0.231 e. The van der Waals surface area contributed by atoms with Crippen molar-refractivity contribution >= 4 is 0 Å². The van der Waals surface area contributed by atoms with Gasteiger partial charge in [0.05, 0.1) is 12.6 Å². The molecule has 5 aliphatic rings. The lowest BCUT2D eigenvalue weighted by atomic mass is 9.50. The second-order valence-corrected chi connectivity index (χ2v) is 9.08. The third kappa shape index (κ3) is 2.43. The van der Waals surface area contributed by atoms with E-state index in [-0.39, 0.29) is 17.9 Å². The van der Waals surface area contributed by atoms with Crippen LogP contribution in [0, 0.1) is 11.8 Å². The fraction of sp³-hybridized carbons (Fsp3) is 0.650. The Morgan fingerprint density at radius 3 is 2.82 bits per heavy atom. The summed E-state index contributed by atoms with van der Waals surface area (Å²) in [7, 11) is 1.67. The first kappa shape index (κ1) is 16.6. The maximum atomic E-state index is 5.59. The van der Waals surface area contributed by atoms with E-state index in [0.717, 1.165) is 41.9 Å². The van der Waals surface area contributed by atoms with E-state index < -0.39 is 0 Å². The number of methoxy groups -OCH3 is 1. The van der Waals surface area contributed by atoms with Gasteiger partial charge in [-0.3, -0.25) is 0 Å². The molecule has 1 aliphatic heterocycles. The first-order chi connectivity index (χ1) is 13.7. The quantitative estimate of drug-likeness (QED) is 0.848. The summed E-state index contributed by atoms with van der Waals surface area (Å²) in [5.74, 6) is 3.69. The van der Waals surface area contributed by atoms with Crippen LogP contribution in [0.15, 0.2) is 18.5 Å². The van der Waals surface area contributed by atoms with Crippen molar-refractivity contribution in [2.24, 2.45) is 11.8 Å². The van der Waals surface area contributed by atoms with Crippen LogP contribution in [0.4, 0.5) is 0 Å². The summed E-state index contributed by atoms with van der Waals surface area (Å²) in [6.45, 7) is 1.04. The number of hydrogen-bond donors (Lipinski definition) is 1. The van der Waals surface area contributed by atoms with E-state index in [4.69, 9.17) is 14.2 Å². The highest BCUT2D eigenvalue weighted by Crippen LogP contribution is 2.60. The van der Waals surface area contributed by atoms with Crippen molar-refractivity contribution in [1.82, 2.24) is 25.5 Å². The number of nitrogens with zero attached hydrogens (tertiary/aromatic N) is 4. The monoisotopic (exact) mass is 383 g/mol. The number of aromatic nitrogens is 4. The molecule has 0 radical (unpaired) electrons. The number of nitrogens with one attached hydrogen (secondary N) is 1. The Kier molecular flexibility index (Phi) is 3.45. The smallest absolute Gasteiger partial charge is 0.231 e. The van der Waals surface area contributed by atoms with Gasteiger partial charge in [-0.05, 0) is 73.3 Å². The maximum absolute atomic E-state index is 5.59. The summed E-state index contributed by atoms with van der Waals surface area (Å²) >= 11 is 0. The highest BCUT2D eigenvalue weighted by molar-refractivity contribution is 5.55. The molecule has 2 heterocycles. The van der Waals surface area contributed by atoms with Gasteiger partial charge < -0.3 is 19.5 Å². The molecule has 4 aliphatic carbocycles. The molecule has 2 atom stereocenters.